The van der Waals surface area contributed by atoms with E-state index in [4.69, 9.17) is 4.74 Å². The molecule has 0 aromatic carbocycles. The van der Waals surface area contributed by atoms with Crippen LogP contribution in [0.2, 0.25) is 0 Å². The summed E-state index contributed by atoms with van der Waals surface area (Å²) in [5, 5.41) is 3.14. The van der Waals surface area contributed by atoms with E-state index in [2.05, 4.69) is 31.1 Å². The fraction of sp³-hybridized carbons (Fsp3) is 0.700. The molecule has 0 saturated carbocycles. The van der Waals surface area contributed by atoms with Crippen LogP contribution in [0.4, 0.5) is 0 Å². The maximum atomic E-state index is 5.46. The molecule has 0 aliphatic carbocycles. The predicted octanol–water partition coefficient (Wildman–Crippen LogP) is 3.19. The van der Waals surface area contributed by atoms with Gasteiger partial charge in [-0.2, -0.15) is 0 Å². The van der Waals surface area contributed by atoms with Gasteiger partial charge in [0.05, 0.1) is 0 Å². The number of rotatable bonds is 2. The summed E-state index contributed by atoms with van der Waals surface area (Å²) in [5.74, 6) is 0. The lowest BCUT2D eigenvalue weighted by atomic mass is 9.89. The molecule has 0 bridgehead atoms. The number of hydrogen-bond acceptors (Lipinski definition) is 3. The highest BCUT2D eigenvalue weighted by atomic mass is 32.1. The van der Waals surface area contributed by atoms with Gasteiger partial charge in [0.15, 0.2) is 0 Å². The van der Waals surface area contributed by atoms with Crippen molar-refractivity contribution in [1.29, 1.82) is 0 Å². The van der Waals surface area contributed by atoms with E-state index in [1.165, 1.54) is 0 Å². The number of aromatic nitrogens is 1. The molecule has 0 radical (unpaired) electrons. The van der Waals surface area contributed by atoms with Crippen molar-refractivity contribution in [2.24, 2.45) is 5.41 Å². The van der Waals surface area contributed by atoms with E-state index in [1.54, 1.807) is 18.4 Å². The van der Waals surface area contributed by atoms with Crippen LogP contribution in [-0.2, 0) is 4.74 Å². The van der Waals surface area contributed by atoms with E-state index in [-0.39, 0.29) is 11.5 Å². The molecule has 0 N–H and O–H groups in total. The van der Waals surface area contributed by atoms with Crippen molar-refractivity contribution >= 4 is 11.3 Å². The first-order chi connectivity index (χ1) is 5.95. The van der Waals surface area contributed by atoms with Crippen LogP contribution in [0.5, 0.6) is 0 Å². The second kappa shape index (κ2) is 3.76. The average Bonchev–Trinajstić information content (AvgIpc) is 2.34. The van der Waals surface area contributed by atoms with Crippen LogP contribution in [0.25, 0.3) is 0 Å². The lowest BCUT2D eigenvalue weighted by molar-refractivity contribution is 0.0150. The summed E-state index contributed by atoms with van der Waals surface area (Å²) in [6, 6.07) is 0. The van der Waals surface area contributed by atoms with Crippen LogP contribution >= 0.6 is 11.3 Å². The van der Waals surface area contributed by atoms with Crippen molar-refractivity contribution in [1.82, 2.24) is 4.98 Å². The van der Waals surface area contributed by atoms with Crippen LogP contribution in [0.1, 0.15) is 37.6 Å². The van der Waals surface area contributed by atoms with Gasteiger partial charge in [0.25, 0.3) is 0 Å². The lowest BCUT2D eigenvalue weighted by Crippen LogP contribution is -2.19. The molecule has 3 heteroatoms. The zero-order valence-electron chi connectivity index (χ0n) is 8.92. The Bertz CT molecular complexity index is 275. The quantitative estimate of drug-likeness (QED) is 0.729. The number of aryl methyl sites for hydroxylation is 1. The third-order valence-corrected chi connectivity index (χ3v) is 2.89. The standard InChI is InChI=1S/C10H17NOS/c1-7-6-13-9(11-7)8(12-5)10(2,3)4/h6,8H,1-5H3. The van der Waals surface area contributed by atoms with Gasteiger partial charge >= 0.3 is 0 Å². The summed E-state index contributed by atoms with van der Waals surface area (Å²) < 4.78 is 5.46. The third kappa shape index (κ3) is 2.51. The second-order valence-electron chi connectivity index (χ2n) is 4.31. The molecule has 0 aliphatic heterocycles. The molecular weight excluding hydrogens is 182 g/mol. The number of thiazole rings is 1. The summed E-state index contributed by atoms with van der Waals surface area (Å²) in [6.45, 7) is 8.50. The Morgan fingerprint density at radius 2 is 2.08 bits per heavy atom. The van der Waals surface area contributed by atoms with Gasteiger partial charge in [0, 0.05) is 18.2 Å². The normalized spacial score (nSPS) is 14.5. The van der Waals surface area contributed by atoms with Crippen LogP contribution in [0.3, 0.4) is 0 Å². The number of hydrogen-bond donors (Lipinski definition) is 0. The fourth-order valence-corrected chi connectivity index (χ4v) is 2.43. The van der Waals surface area contributed by atoms with Gasteiger partial charge < -0.3 is 4.74 Å². The number of ether oxygens (including phenoxy) is 1. The highest BCUT2D eigenvalue weighted by Crippen LogP contribution is 2.36. The number of methoxy groups -OCH3 is 1. The Hall–Kier alpha value is -0.410. The van der Waals surface area contributed by atoms with Gasteiger partial charge in [-0.05, 0) is 12.3 Å². The molecule has 2 nitrogen and oxygen atoms in total. The minimum atomic E-state index is 0.103. The minimum Gasteiger partial charge on any atom is -0.374 e. The highest BCUT2D eigenvalue weighted by Gasteiger charge is 2.28. The van der Waals surface area contributed by atoms with Crippen LogP contribution in [0.15, 0.2) is 5.38 Å². The summed E-state index contributed by atoms with van der Waals surface area (Å²) in [7, 11) is 1.74. The molecular formula is C10H17NOS. The summed E-state index contributed by atoms with van der Waals surface area (Å²) in [6.07, 6.45) is 0.103. The molecule has 1 aromatic rings. The van der Waals surface area contributed by atoms with Gasteiger partial charge in [-0.3, -0.25) is 0 Å². The van der Waals surface area contributed by atoms with Crippen molar-refractivity contribution in [3.05, 3.63) is 16.1 Å². The molecule has 0 fully saturated rings. The van der Waals surface area contributed by atoms with Gasteiger partial charge in [0.2, 0.25) is 0 Å². The minimum absolute atomic E-state index is 0.103. The molecule has 1 unspecified atom stereocenters. The molecule has 0 saturated heterocycles. The second-order valence-corrected chi connectivity index (χ2v) is 5.20. The maximum Gasteiger partial charge on any atom is 0.122 e. The topological polar surface area (TPSA) is 22.1 Å². The third-order valence-electron chi connectivity index (χ3n) is 1.88. The molecule has 1 atom stereocenters. The van der Waals surface area contributed by atoms with Crippen molar-refractivity contribution in [2.45, 2.75) is 33.8 Å². The Kier molecular flexibility index (Phi) is 3.09. The monoisotopic (exact) mass is 199 g/mol. The molecule has 74 valence electrons. The van der Waals surface area contributed by atoms with Crippen molar-refractivity contribution < 1.29 is 4.74 Å². The zero-order chi connectivity index (χ0) is 10.1. The molecule has 1 aromatic heterocycles. The first-order valence-electron chi connectivity index (χ1n) is 4.40. The van der Waals surface area contributed by atoms with Crippen LogP contribution < -0.4 is 0 Å². The Morgan fingerprint density at radius 1 is 1.46 bits per heavy atom. The van der Waals surface area contributed by atoms with E-state index in [0.717, 1.165) is 10.7 Å². The van der Waals surface area contributed by atoms with Gasteiger partial charge in [0.1, 0.15) is 11.1 Å². The lowest BCUT2D eigenvalue weighted by Gasteiger charge is -2.27. The Labute approximate surface area is 84.0 Å². The predicted molar refractivity (Wildman–Crippen MR) is 56.1 cm³/mol. The summed E-state index contributed by atoms with van der Waals surface area (Å²) in [5.41, 5.74) is 1.19. The molecule has 0 spiro atoms. The van der Waals surface area contributed by atoms with Gasteiger partial charge in [-0.1, -0.05) is 20.8 Å². The molecule has 1 heterocycles. The SMILES string of the molecule is COC(c1nc(C)cs1)C(C)(C)C. The highest BCUT2D eigenvalue weighted by molar-refractivity contribution is 7.09. The Morgan fingerprint density at radius 3 is 2.38 bits per heavy atom. The van der Waals surface area contributed by atoms with E-state index < -0.39 is 0 Å². The van der Waals surface area contributed by atoms with Gasteiger partial charge in [-0.15, -0.1) is 11.3 Å². The van der Waals surface area contributed by atoms with Crippen molar-refractivity contribution in [3.63, 3.8) is 0 Å². The van der Waals surface area contributed by atoms with E-state index >= 15 is 0 Å². The first-order valence-corrected chi connectivity index (χ1v) is 5.28. The maximum absolute atomic E-state index is 5.46. The fourth-order valence-electron chi connectivity index (χ4n) is 1.32. The number of nitrogens with zero attached hydrogens (tertiary/aromatic N) is 1. The smallest absolute Gasteiger partial charge is 0.122 e. The summed E-state index contributed by atoms with van der Waals surface area (Å²) >= 11 is 1.67. The van der Waals surface area contributed by atoms with Crippen molar-refractivity contribution in [2.75, 3.05) is 7.11 Å². The molecule has 0 amide bonds. The van der Waals surface area contributed by atoms with E-state index in [0.29, 0.717) is 0 Å². The largest absolute Gasteiger partial charge is 0.374 e. The summed E-state index contributed by atoms with van der Waals surface area (Å²) in [4.78, 5) is 4.44. The van der Waals surface area contributed by atoms with Crippen LogP contribution in [0, 0.1) is 12.3 Å². The molecule has 1 rings (SSSR count). The molecule has 0 aliphatic rings. The van der Waals surface area contributed by atoms with Crippen molar-refractivity contribution in [3.8, 4) is 0 Å². The van der Waals surface area contributed by atoms with Crippen LogP contribution in [-0.4, -0.2) is 12.1 Å². The van der Waals surface area contributed by atoms with Gasteiger partial charge in [-0.25, -0.2) is 4.98 Å². The first kappa shape index (κ1) is 10.7. The average molecular weight is 199 g/mol. The zero-order valence-corrected chi connectivity index (χ0v) is 9.73. The molecule has 13 heavy (non-hydrogen) atoms. The Balaban J connectivity index is 2.91. The van der Waals surface area contributed by atoms with E-state index in [9.17, 15) is 0 Å². The van der Waals surface area contributed by atoms with E-state index in [1.807, 2.05) is 6.92 Å².